The molecule has 0 radical (unpaired) electrons. The van der Waals surface area contributed by atoms with Gasteiger partial charge in [0.25, 0.3) is 0 Å². The lowest BCUT2D eigenvalue weighted by Gasteiger charge is -2.08. The van der Waals surface area contributed by atoms with Gasteiger partial charge in [0.05, 0.1) is 18.1 Å². The average Bonchev–Trinajstić information content (AvgIpc) is 2.37. The minimum atomic E-state index is 0.229. The third kappa shape index (κ3) is 1.22. The third-order valence-corrected chi connectivity index (χ3v) is 1.40. The Bertz CT molecular complexity index is 119. The summed E-state index contributed by atoms with van der Waals surface area (Å²) < 4.78 is 0. The van der Waals surface area contributed by atoms with Gasteiger partial charge in [0, 0.05) is 0 Å². The van der Waals surface area contributed by atoms with E-state index in [2.05, 4.69) is 5.28 Å². The van der Waals surface area contributed by atoms with Crippen LogP contribution in [0.3, 0.4) is 0 Å². The summed E-state index contributed by atoms with van der Waals surface area (Å²) in [6, 6.07) is 0. The summed E-state index contributed by atoms with van der Waals surface area (Å²) in [6.07, 6.45) is 2.02. The summed E-state index contributed by atoms with van der Waals surface area (Å²) in [7, 11) is 0. The predicted molar refractivity (Wildman–Crippen MR) is 28.6 cm³/mol. The third-order valence-electron chi connectivity index (χ3n) is 1.40. The SMILES string of the molecule is [O-]/[N+](=N\O)N1CCCC1. The van der Waals surface area contributed by atoms with Crippen molar-refractivity contribution in [3.8, 4) is 0 Å². The number of rotatable bonds is 1. The molecule has 1 N–H and O–H groups in total. The molecule has 0 unspecified atom stereocenters. The normalized spacial score (nSPS) is 20.9. The van der Waals surface area contributed by atoms with E-state index in [4.69, 9.17) is 5.21 Å². The minimum Gasteiger partial charge on any atom is -0.569 e. The first-order valence-corrected chi connectivity index (χ1v) is 2.92. The van der Waals surface area contributed by atoms with Crippen molar-refractivity contribution < 1.29 is 10.2 Å². The van der Waals surface area contributed by atoms with E-state index < -0.39 is 0 Å². The highest BCUT2D eigenvalue weighted by Crippen LogP contribution is 2.06. The first kappa shape index (κ1) is 6.12. The van der Waals surface area contributed by atoms with Gasteiger partial charge in [-0.05, 0) is 12.8 Å². The molecule has 1 fully saturated rings. The molecule has 0 aromatic carbocycles. The summed E-state index contributed by atoms with van der Waals surface area (Å²) in [4.78, 5) is 0.229. The molecular formula is C4H9N3O2. The minimum absolute atomic E-state index is 0.229. The molecule has 5 heteroatoms. The van der Waals surface area contributed by atoms with Crippen LogP contribution >= 0.6 is 0 Å². The highest BCUT2D eigenvalue weighted by atomic mass is 16.6. The molecule has 5 nitrogen and oxygen atoms in total. The Morgan fingerprint density at radius 2 is 2.00 bits per heavy atom. The molecule has 52 valence electrons. The number of nitrogens with zero attached hydrogens (tertiary/aromatic N) is 3. The highest BCUT2D eigenvalue weighted by Gasteiger charge is 2.17. The predicted octanol–water partition coefficient (Wildman–Crippen LogP) is 0.349. The first-order valence-electron chi connectivity index (χ1n) is 2.92. The fourth-order valence-corrected chi connectivity index (χ4v) is 0.928. The molecule has 1 rings (SSSR count). The molecule has 0 bridgehead atoms. The van der Waals surface area contributed by atoms with E-state index in [0.717, 1.165) is 12.8 Å². The van der Waals surface area contributed by atoms with Crippen LogP contribution in [0.5, 0.6) is 0 Å². The van der Waals surface area contributed by atoms with E-state index in [0.29, 0.717) is 13.1 Å². The molecule has 1 aliphatic heterocycles. The maximum Gasteiger partial charge on any atom is 0.230 e. The van der Waals surface area contributed by atoms with Crippen LogP contribution in [0.25, 0.3) is 0 Å². The molecule has 0 aromatic rings. The molecule has 0 spiro atoms. The Hall–Kier alpha value is -1.00. The van der Waals surface area contributed by atoms with Crippen molar-refractivity contribution in [2.24, 2.45) is 5.28 Å². The van der Waals surface area contributed by atoms with Gasteiger partial charge >= 0.3 is 0 Å². The van der Waals surface area contributed by atoms with Crippen molar-refractivity contribution in [1.29, 1.82) is 0 Å². The summed E-state index contributed by atoms with van der Waals surface area (Å²) in [5.41, 5.74) is 0. The molecule has 9 heavy (non-hydrogen) atoms. The number of hydrogen-bond donors (Lipinski definition) is 1. The summed E-state index contributed by atoms with van der Waals surface area (Å²) in [6.45, 7) is 1.40. The Balaban J connectivity index is 2.42. The maximum absolute atomic E-state index is 10.4. The van der Waals surface area contributed by atoms with E-state index in [1.165, 1.54) is 5.01 Å². The Morgan fingerprint density at radius 1 is 1.44 bits per heavy atom. The molecule has 1 heterocycles. The van der Waals surface area contributed by atoms with Crippen molar-refractivity contribution in [3.05, 3.63) is 5.21 Å². The smallest absolute Gasteiger partial charge is 0.230 e. The van der Waals surface area contributed by atoms with Gasteiger partial charge in [-0.3, -0.25) is 0 Å². The quantitative estimate of drug-likeness (QED) is 0.317. The molecule has 0 saturated carbocycles. The molecule has 0 amide bonds. The molecule has 1 aliphatic rings. The Morgan fingerprint density at radius 3 is 2.44 bits per heavy atom. The fourth-order valence-electron chi connectivity index (χ4n) is 0.928. The van der Waals surface area contributed by atoms with Crippen molar-refractivity contribution in [1.82, 2.24) is 5.01 Å². The van der Waals surface area contributed by atoms with E-state index in [1.807, 2.05) is 0 Å². The van der Waals surface area contributed by atoms with Crippen LogP contribution in [0.4, 0.5) is 0 Å². The zero-order chi connectivity index (χ0) is 6.69. The summed E-state index contributed by atoms with van der Waals surface area (Å²) in [5.74, 6) is 0. The largest absolute Gasteiger partial charge is 0.569 e. The lowest BCUT2D eigenvalue weighted by atomic mass is 10.4. The van der Waals surface area contributed by atoms with E-state index in [1.54, 1.807) is 0 Å². The van der Waals surface area contributed by atoms with Gasteiger partial charge in [0.15, 0.2) is 0 Å². The summed E-state index contributed by atoms with van der Waals surface area (Å²) in [5, 5.41) is 22.4. The van der Waals surface area contributed by atoms with Crippen molar-refractivity contribution >= 4 is 0 Å². The molecule has 1 saturated heterocycles. The summed E-state index contributed by atoms with van der Waals surface area (Å²) >= 11 is 0. The Labute approximate surface area is 52.7 Å². The monoisotopic (exact) mass is 131 g/mol. The van der Waals surface area contributed by atoms with Gasteiger partial charge in [-0.25, -0.2) is 0 Å². The van der Waals surface area contributed by atoms with Crippen LogP contribution < -0.4 is 0 Å². The van der Waals surface area contributed by atoms with Gasteiger partial charge < -0.3 is 10.4 Å². The van der Waals surface area contributed by atoms with E-state index >= 15 is 0 Å². The zero-order valence-electron chi connectivity index (χ0n) is 5.03. The first-order chi connectivity index (χ1) is 4.34. The average molecular weight is 131 g/mol. The number of hydrogen-bond acceptors (Lipinski definition) is 2. The standard InChI is InChI=1S/C4H9N3O2/c8-5-7(9)6-3-1-2-4-6/h8H,1-4H2/b7-5-. The molecular weight excluding hydrogens is 122 g/mol. The maximum atomic E-state index is 10.4. The van der Waals surface area contributed by atoms with Crippen LogP contribution in [-0.2, 0) is 0 Å². The second-order valence-corrected chi connectivity index (χ2v) is 2.00. The second-order valence-electron chi connectivity index (χ2n) is 2.00. The number of hydrazine groups is 1. The van der Waals surface area contributed by atoms with Crippen LogP contribution in [0.15, 0.2) is 5.28 Å². The van der Waals surface area contributed by atoms with Gasteiger partial charge in [0.1, 0.15) is 0 Å². The molecule has 0 aromatic heterocycles. The lowest BCUT2D eigenvalue weighted by Crippen LogP contribution is -2.26. The van der Waals surface area contributed by atoms with Crippen molar-refractivity contribution in [3.63, 3.8) is 0 Å². The van der Waals surface area contributed by atoms with Crippen LogP contribution in [-0.4, -0.2) is 28.3 Å². The van der Waals surface area contributed by atoms with Crippen LogP contribution in [0, 0.1) is 5.21 Å². The van der Waals surface area contributed by atoms with E-state index in [-0.39, 0.29) is 4.97 Å². The lowest BCUT2D eigenvalue weighted by molar-refractivity contribution is -0.705. The molecule has 0 aliphatic carbocycles. The van der Waals surface area contributed by atoms with E-state index in [9.17, 15) is 5.21 Å². The van der Waals surface area contributed by atoms with Gasteiger partial charge in [-0.15, -0.1) is 5.01 Å². The Kier molecular flexibility index (Phi) is 1.72. The molecule has 0 atom stereocenters. The van der Waals surface area contributed by atoms with Gasteiger partial charge in [-0.1, -0.05) is 0 Å². The van der Waals surface area contributed by atoms with Gasteiger partial charge in [0.2, 0.25) is 5.28 Å². The van der Waals surface area contributed by atoms with Crippen molar-refractivity contribution in [2.45, 2.75) is 12.8 Å². The second kappa shape index (κ2) is 2.52. The van der Waals surface area contributed by atoms with Gasteiger partial charge in [-0.2, -0.15) is 0 Å². The topological polar surface area (TPSA) is 61.9 Å². The fraction of sp³-hybridized carbons (Fsp3) is 1.00. The zero-order valence-corrected chi connectivity index (χ0v) is 5.03. The van der Waals surface area contributed by atoms with Crippen LogP contribution in [0.2, 0.25) is 0 Å². The van der Waals surface area contributed by atoms with Crippen LogP contribution in [0.1, 0.15) is 12.8 Å². The highest BCUT2D eigenvalue weighted by molar-refractivity contribution is 4.55. The van der Waals surface area contributed by atoms with Crippen molar-refractivity contribution in [2.75, 3.05) is 13.1 Å².